The quantitative estimate of drug-likeness (QED) is 0.849. The Bertz CT molecular complexity index is 736. The molecule has 1 heterocycles. The first-order chi connectivity index (χ1) is 10.3. The second-order valence-electron chi connectivity index (χ2n) is 5.12. The van der Waals surface area contributed by atoms with Crippen molar-refractivity contribution in [1.29, 1.82) is 0 Å². The average molecular weight is 319 g/mol. The number of aromatic hydroxyl groups is 2. The maximum Gasteiger partial charge on any atom is 0.257 e. The van der Waals surface area contributed by atoms with Crippen molar-refractivity contribution in [2.24, 2.45) is 0 Å². The molecule has 6 heteroatoms. The molecule has 0 aliphatic rings. The molecular weight excluding hydrogens is 302 g/mol. The Hall–Kier alpha value is -2.34. The second kappa shape index (κ2) is 6.19. The minimum absolute atomic E-state index is 0.00113. The monoisotopic (exact) mass is 319 g/mol. The van der Waals surface area contributed by atoms with Crippen LogP contribution in [0.5, 0.6) is 11.5 Å². The number of phenols is 2. The van der Waals surface area contributed by atoms with Crippen LogP contribution < -0.4 is 0 Å². The van der Waals surface area contributed by atoms with Crippen molar-refractivity contribution >= 4 is 23.0 Å². The van der Waals surface area contributed by atoms with Crippen LogP contribution >= 0.6 is 11.3 Å². The molecule has 0 aliphatic heterocycles. The molecule has 5 nitrogen and oxygen atoms in total. The van der Waals surface area contributed by atoms with E-state index in [0.29, 0.717) is 6.54 Å². The SMILES string of the molecule is CC(=O)c1cc(C(=O)N(C)Cc2ccc(C)s2)c(O)cc1O. The Balaban J connectivity index is 2.28. The molecular formula is C16H17NO4S. The first-order valence-corrected chi connectivity index (χ1v) is 7.49. The molecule has 1 aromatic carbocycles. The fraction of sp³-hybridized carbons (Fsp3) is 0.250. The Morgan fingerprint density at radius 1 is 1.14 bits per heavy atom. The van der Waals surface area contributed by atoms with Crippen molar-refractivity contribution in [2.45, 2.75) is 20.4 Å². The summed E-state index contributed by atoms with van der Waals surface area (Å²) < 4.78 is 0. The number of nitrogens with zero attached hydrogens (tertiary/aromatic N) is 1. The van der Waals surface area contributed by atoms with Crippen LogP contribution in [0.3, 0.4) is 0 Å². The Morgan fingerprint density at radius 2 is 1.77 bits per heavy atom. The van der Waals surface area contributed by atoms with Gasteiger partial charge in [0.15, 0.2) is 5.78 Å². The van der Waals surface area contributed by atoms with Crippen molar-refractivity contribution in [3.63, 3.8) is 0 Å². The number of benzene rings is 1. The van der Waals surface area contributed by atoms with Gasteiger partial charge in [0.25, 0.3) is 5.91 Å². The van der Waals surface area contributed by atoms with Crippen LogP contribution in [0, 0.1) is 6.92 Å². The Morgan fingerprint density at radius 3 is 2.32 bits per heavy atom. The van der Waals surface area contributed by atoms with Gasteiger partial charge < -0.3 is 15.1 Å². The number of ketones is 1. The highest BCUT2D eigenvalue weighted by Gasteiger charge is 2.20. The summed E-state index contributed by atoms with van der Waals surface area (Å²) in [5, 5.41) is 19.5. The molecule has 0 bridgehead atoms. The summed E-state index contributed by atoms with van der Waals surface area (Å²) in [6.45, 7) is 3.69. The minimum atomic E-state index is -0.411. The standard InChI is InChI=1S/C16H17NO4S/c1-9-4-5-11(22-9)8-17(3)16(21)13-6-12(10(2)18)14(19)7-15(13)20/h4-7,19-20H,8H2,1-3H3. The molecule has 2 aromatic rings. The number of carbonyl (C=O) groups is 2. The summed E-state index contributed by atoms with van der Waals surface area (Å²) in [5.74, 6) is -1.46. The summed E-state index contributed by atoms with van der Waals surface area (Å²) in [4.78, 5) is 27.5. The van der Waals surface area contributed by atoms with E-state index in [1.807, 2.05) is 19.1 Å². The van der Waals surface area contributed by atoms with E-state index in [2.05, 4.69) is 0 Å². The molecule has 0 saturated carbocycles. The molecule has 0 fully saturated rings. The van der Waals surface area contributed by atoms with Crippen LogP contribution in [0.1, 0.15) is 37.4 Å². The van der Waals surface area contributed by atoms with Crippen molar-refractivity contribution in [2.75, 3.05) is 7.05 Å². The number of rotatable bonds is 4. The van der Waals surface area contributed by atoms with Crippen LogP contribution in [0.4, 0.5) is 0 Å². The van der Waals surface area contributed by atoms with Crippen molar-refractivity contribution in [3.8, 4) is 11.5 Å². The molecule has 0 saturated heterocycles. The predicted octanol–water partition coefficient (Wildman–Crippen LogP) is 2.94. The lowest BCUT2D eigenvalue weighted by Crippen LogP contribution is -2.26. The fourth-order valence-corrected chi connectivity index (χ4v) is 3.06. The largest absolute Gasteiger partial charge is 0.507 e. The summed E-state index contributed by atoms with van der Waals surface area (Å²) in [6.07, 6.45) is 0. The number of amides is 1. The smallest absolute Gasteiger partial charge is 0.257 e. The number of carbonyl (C=O) groups excluding carboxylic acids is 2. The van der Waals surface area contributed by atoms with Crippen LogP contribution in [0.2, 0.25) is 0 Å². The second-order valence-corrected chi connectivity index (χ2v) is 6.49. The summed E-state index contributed by atoms with van der Waals surface area (Å²) in [5.41, 5.74) is 0.0142. The third kappa shape index (κ3) is 3.28. The van der Waals surface area contributed by atoms with Gasteiger partial charge in [0, 0.05) is 22.9 Å². The zero-order valence-electron chi connectivity index (χ0n) is 12.6. The van der Waals surface area contributed by atoms with E-state index in [0.717, 1.165) is 15.8 Å². The summed E-state index contributed by atoms with van der Waals surface area (Å²) in [7, 11) is 1.62. The fourth-order valence-electron chi connectivity index (χ4n) is 2.11. The Labute approximate surface area is 132 Å². The molecule has 0 atom stereocenters. The molecule has 22 heavy (non-hydrogen) atoms. The van der Waals surface area contributed by atoms with Gasteiger partial charge in [0.2, 0.25) is 0 Å². The molecule has 2 rings (SSSR count). The van der Waals surface area contributed by atoms with Gasteiger partial charge in [-0.1, -0.05) is 0 Å². The third-order valence-electron chi connectivity index (χ3n) is 3.26. The molecule has 1 amide bonds. The number of hydrogen-bond donors (Lipinski definition) is 2. The highest BCUT2D eigenvalue weighted by molar-refractivity contribution is 7.11. The number of aryl methyl sites for hydroxylation is 1. The van der Waals surface area contributed by atoms with Gasteiger partial charge in [0.05, 0.1) is 17.7 Å². The zero-order valence-corrected chi connectivity index (χ0v) is 13.4. The van der Waals surface area contributed by atoms with E-state index in [4.69, 9.17) is 0 Å². The molecule has 1 aromatic heterocycles. The van der Waals surface area contributed by atoms with Gasteiger partial charge in [-0.25, -0.2) is 0 Å². The third-order valence-corrected chi connectivity index (χ3v) is 4.24. The zero-order chi connectivity index (χ0) is 16.4. The molecule has 116 valence electrons. The average Bonchev–Trinajstić information content (AvgIpc) is 2.83. The molecule has 2 N–H and O–H groups in total. The van der Waals surface area contributed by atoms with E-state index in [1.165, 1.54) is 17.9 Å². The minimum Gasteiger partial charge on any atom is -0.507 e. The van der Waals surface area contributed by atoms with Crippen LogP contribution in [-0.4, -0.2) is 33.9 Å². The number of phenolic OH excluding ortho intramolecular Hbond substituents is 2. The van der Waals surface area contributed by atoms with Gasteiger partial charge in [0.1, 0.15) is 11.5 Å². The van der Waals surface area contributed by atoms with Crippen LogP contribution in [-0.2, 0) is 6.54 Å². The van der Waals surface area contributed by atoms with Gasteiger partial charge in [-0.3, -0.25) is 9.59 Å². The summed E-state index contributed by atoms with van der Waals surface area (Å²) >= 11 is 1.59. The van der Waals surface area contributed by atoms with Gasteiger partial charge in [-0.15, -0.1) is 11.3 Å². The van der Waals surface area contributed by atoms with Crippen molar-refractivity contribution in [3.05, 3.63) is 45.1 Å². The normalized spacial score (nSPS) is 10.5. The van der Waals surface area contributed by atoms with Crippen LogP contribution in [0.25, 0.3) is 0 Å². The first kappa shape index (κ1) is 16.0. The van der Waals surface area contributed by atoms with E-state index in [-0.39, 0.29) is 28.4 Å². The number of Topliss-reactive ketones (excluding diaryl/α,β-unsaturated/α-hetero) is 1. The maximum absolute atomic E-state index is 12.4. The van der Waals surface area contributed by atoms with Gasteiger partial charge in [-0.2, -0.15) is 0 Å². The predicted molar refractivity (Wildman–Crippen MR) is 84.6 cm³/mol. The van der Waals surface area contributed by atoms with Gasteiger partial charge in [-0.05, 0) is 32.0 Å². The lowest BCUT2D eigenvalue weighted by molar-refractivity contribution is 0.0783. The van der Waals surface area contributed by atoms with E-state index in [9.17, 15) is 19.8 Å². The number of thiophene rings is 1. The molecule has 0 unspecified atom stereocenters. The van der Waals surface area contributed by atoms with Crippen molar-refractivity contribution < 1.29 is 19.8 Å². The lowest BCUT2D eigenvalue weighted by Gasteiger charge is -2.17. The highest BCUT2D eigenvalue weighted by Crippen LogP contribution is 2.29. The molecule has 0 aliphatic carbocycles. The lowest BCUT2D eigenvalue weighted by atomic mass is 10.0. The van der Waals surface area contributed by atoms with E-state index < -0.39 is 5.91 Å². The van der Waals surface area contributed by atoms with E-state index >= 15 is 0 Å². The molecule has 0 radical (unpaired) electrons. The Kier molecular flexibility index (Phi) is 4.51. The van der Waals surface area contributed by atoms with Crippen LogP contribution in [0.15, 0.2) is 24.3 Å². The first-order valence-electron chi connectivity index (χ1n) is 6.67. The maximum atomic E-state index is 12.4. The van der Waals surface area contributed by atoms with Gasteiger partial charge >= 0.3 is 0 Å². The molecule has 0 spiro atoms. The highest BCUT2D eigenvalue weighted by atomic mass is 32.1. The topological polar surface area (TPSA) is 77.8 Å². The number of hydrogen-bond acceptors (Lipinski definition) is 5. The summed E-state index contributed by atoms with van der Waals surface area (Å²) in [6, 6.07) is 6.17. The van der Waals surface area contributed by atoms with Crippen molar-refractivity contribution in [1.82, 2.24) is 4.90 Å². The van der Waals surface area contributed by atoms with E-state index in [1.54, 1.807) is 18.4 Å².